The second-order valence-corrected chi connectivity index (χ2v) is 11.2. The van der Waals surface area contributed by atoms with E-state index >= 15 is 0 Å². The van der Waals surface area contributed by atoms with Crippen LogP contribution in [0.3, 0.4) is 0 Å². The number of aromatic nitrogens is 2. The molecule has 1 fully saturated rings. The summed E-state index contributed by atoms with van der Waals surface area (Å²) >= 11 is 13.4. The Morgan fingerprint density at radius 1 is 1.31 bits per heavy atom. The lowest BCUT2D eigenvalue weighted by molar-refractivity contribution is -0.120. The van der Waals surface area contributed by atoms with E-state index in [0.717, 1.165) is 21.5 Å². The van der Waals surface area contributed by atoms with E-state index in [4.69, 9.17) is 23.2 Å². The lowest BCUT2D eigenvalue weighted by atomic mass is 10.0. The van der Waals surface area contributed by atoms with Gasteiger partial charge >= 0.3 is 0 Å². The normalized spacial score (nSPS) is 20.9. The first-order valence-electron chi connectivity index (χ1n) is 9.34. The molecule has 1 saturated heterocycles. The minimum absolute atomic E-state index is 0.150. The van der Waals surface area contributed by atoms with Crippen molar-refractivity contribution in [1.29, 1.82) is 0 Å². The molecule has 2 aromatic heterocycles. The molecule has 2 atom stereocenters. The molecule has 13 heteroatoms. The van der Waals surface area contributed by atoms with Crippen LogP contribution in [-0.4, -0.2) is 41.5 Å². The molecule has 4 rings (SSSR count). The smallest absolute Gasteiger partial charge is 0.280 e. The molecule has 0 aliphatic carbocycles. The van der Waals surface area contributed by atoms with Crippen LogP contribution in [0, 0.1) is 5.82 Å². The summed E-state index contributed by atoms with van der Waals surface area (Å²) in [7, 11) is -0.833. The summed E-state index contributed by atoms with van der Waals surface area (Å²) in [6, 6.07) is 3.88. The number of aryl methyl sites for hydroxylation is 1. The summed E-state index contributed by atoms with van der Waals surface area (Å²) in [5.74, 6) is -1.18. The largest absolute Gasteiger partial charge is 0.325 e. The van der Waals surface area contributed by atoms with Crippen molar-refractivity contribution >= 4 is 56.3 Å². The first-order valence-corrected chi connectivity index (χ1v) is 12.4. The van der Waals surface area contributed by atoms with Gasteiger partial charge in [0.25, 0.3) is 10.2 Å². The highest BCUT2D eigenvalue weighted by Crippen LogP contribution is 2.41. The molecule has 3 heterocycles. The number of nitrogens with one attached hydrogen (secondary N) is 2. The molecule has 32 heavy (non-hydrogen) atoms. The van der Waals surface area contributed by atoms with Gasteiger partial charge in [0.05, 0.1) is 17.3 Å². The van der Waals surface area contributed by atoms with E-state index in [0.29, 0.717) is 9.21 Å². The Labute approximate surface area is 198 Å². The summed E-state index contributed by atoms with van der Waals surface area (Å²) in [6.07, 6.45) is 3.64. The Hall–Kier alpha value is -2.02. The predicted octanol–water partition coefficient (Wildman–Crippen LogP) is 3.81. The Kier molecular flexibility index (Phi) is 6.31. The average Bonchev–Trinajstić information content (AvgIpc) is 3.32. The number of benzene rings is 1. The third-order valence-corrected chi connectivity index (χ3v) is 8.48. The van der Waals surface area contributed by atoms with Crippen molar-refractivity contribution in [1.82, 2.24) is 18.8 Å². The molecule has 170 valence electrons. The number of nitrogens with zero attached hydrogens (tertiary/aromatic N) is 3. The highest BCUT2D eigenvalue weighted by atomic mass is 35.5. The van der Waals surface area contributed by atoms with Gasteiger partial charge in [-0.3, -0.25) is 9.48 Å². The van der Waals surface area contributed by atoms with Gasteiger partial charge in [-0.15, -0.1) is 11.3 Å². The van der Waals surface area contributed by atoms with Crippen LogP contribution in [0.25, 0.3) is 11.1 Å². The zero-order valence-electron chi connectivity index (χ0n) is 16.8. The maximum Gasteiger partial charge on any atom is 0.280 e. The van der Waals surface area contributed by atoms with E-state index in [-0.39, 0.29) is 17.1 Å². The van der Waals surface area contributed by atoms with Gasteiger partial charge in [0.1, 0.15) is 16.2 Å². The Morgan fingerprint density at radius 3 is 2.72 bits per heavy atom. The molecule has 0 radical (unpaired) electrons. The third kappa shape index (κ3) is 4.54. The molecule has 8 nitrogen and oxygen atoms in total. The van der Waals surface area contributed by atoms with E-state index < -0.39 is 34.0 Å². The predicted molar refractivity (Wildman–Crippen MR) is 123 cm³/mol. The minimum Gasteiger partial charge on any atom is -0.325 e. The van der Waals surface area contributed by atoms with E-state index in [9.17, 15) is 17.6 Å². The maximum atomic E-state index is 13.4. The number of carbonyl (C=O) groups is 1. The van der Waals surface area contributed by atoms with Crippen molar-refractivity contribution in [2.75, 3.05) is 12.4 Å². The highest BCUT2D eigenvalue weighted by molar-refractivity contribution is 7.87. The summed E-state index contributed by atoms with van der Waals surface area (Å²) < 4.78 is 44.5. The molecule has 0 saturated carbocycles. The number of hydrogen-bond donors (Lipinski definition) is 2. The van der Waals surface area contributed by atoms with Crippen LogP contribution in [0.1, 0.15) is 17.3 Å². The molecular weight excluding hydrogens is 500 g/mol. The van der Waals surface area contributed by atoms with Crippen LogP contribution >= 0.6 is 34.5 Å². The number of likely N-dealkylation sites (N-methyl/N-ethyl adjacent to an activating group) is 1. The molecule has 1 aliphatic heterocycles. The number of thiophene rings is 1. The highest BCUT2D eigenvalue weighted by Gasteiger charge is 2.41. The summed E-state index contributed by atoms with van der Waals surface area (Å²) in [5, 5.41) is 6.59. The first-order chi connectivity index (χ1) is 15.0. The van der Waals surface area contributed by atoms with Gasteiger partial charge in [0, 0.05) is 42.0 Å². The third-order valence-electron chi connectivity index (χ3n) is 5.12. The topological polar surface area (TPSA) is 96.3 Å². The van der Waals surface area contributed by atoms with Crippen molar-refractivity contribution < 1.29 is 17.6 Å². The Bertz CT molecular complexity index is 1290. The van der Waals surface area contributed by atoms with Gasteiger partial charge in [-0.1, -0.05) is 23.2 Å². The summed E-state index contributed by atoms with van der Waals surface area (Å²) in [6.45, 7) is 0. The number of carbonyl (C=O) groups excluding carboxylic acids is 1. The van der Waals surface area contributed by atoms with E-state index in [1.54, 1.807) is 30.2 Å². The minimum atomic E-state index is -3.94. The Balaban J connectivity index is 1.60. The van der Waals surface area contributed by atoms with Gasteiger partial charge in [0.15, 0.2) is 0 Å². The summed E-state index contributed by atoms with van der Waals surface area (Å²) in [5.41, 5.74) is 1.80. The fourth-order valence-electron chi connectivity index (χ4n) is 3.41. The van der Waals surface area contributed by atoms with E-state index in [2.05, 4.69) is 15.1 Å². The molecule has 1 amide bonds. The molecular formula is C19H18Cl2FN5O3S2. The van der Waals surface area contributed by atoms with Crippen molar-refractivity contribution in [3.8, 4) is 11.1 Å². The van der Waals surface area contributed by atoms with Gasteiger partial charge in [-0.25, -0.2) is 4.39 Å². The molecule has 0 bridgehead atoms. The number of rotatable bonds is 4. The molecule has 3 aromatic rings. The Morgan fingerprint density at radius 2 is 2.06 bits per heavy atom. The quantitative estimate of drug-likeness (QED) is 0.549. The second kappa shape index (κ2) is 8.73. The number of halogens is 3. The van der Waals surface area contributed by atoms with Crippen LogP contribution in [0.5, 0.6) is 0 Å². The molecule has 2 N–H and O–H groups in total. The fourth-order valence-corrected chi connectivity index (χ4v) is 6.33. The van der Waals surface area contributed by atoms with Gasteiger partial charge in [-0.2, -0.15) is 22.5 Å². The van der Waals surface area contributed by atoms with Gasteiger partial charge in [-0.05, 0) is 30.7 Å². The van der Waals surface area contributed by atoms with Crippen LogP contribution in [-0.2, 0) is 22.1 Å². The van der Waals surface area contributed by atoms with Gasteiger partial charge < -0.3 is 5.32 Å². The zero-order valence-corrected chi connectivity index (χ0v) is 20.0. The lowest BCUT2D eigenvalue weighted by Gasteiger charge is -2.35. The van der Waals surface area contributed by atoms with Crippen molar-refractivity contribution in [3.05, 3.63) is 56.7 Å². The van der Waals surface area contributed by atoms with Gasteiger partial charge in [0.2, 0.25) is 5.91 Å². The van der Waals surface area contributed by atoms with E-state index in [1.807, 2.05) is 0 Å². The molecule has 0 unspecified atom stereocenters. The molecule has 1 aromatic carbocycles. The summed E-state index contributed by atoms with van der Waals surface area (Å²) in [4.78, 5) is 13.6. The number of anilines is 1. The first kappa shape index (κ1) is 23.1. The average molecular weight is 518 g/mol. The monoisotopic (exact) mass is 517 g/mol. The van der Waals surface area contributed by atoms with Crippen molar-refractivity contribution in [2.24, 2.45) is 7.05 Å². The van der Waals surface area contributed by atoms with Crippen molar-refractivity contribution in [3.63, 3.8) is 0 Å². The molecule has 1 aliphatic rings. The van der Waals surface area contributed by atoms with Crippen LogP contribution < -0.4 is 10.0 Å². The maximum absolute atomic E-state index is 13.4. The van der Waals surface area contributed by atoms with Crippen LogP contribution in [0.4, 0.5) is 10.1 Å². The standard InChI is InChI=1S/C19H18Cl2FN5O3S2/c1-26-9-10(8-23-26)12-6-17(31-18(12)21)15-7-16(27(2)32(29,30)25-15)19(28)24-11-3-4-14(22)13(20)5-11/h3-6,8-9,15-16,25H,7H2,1-2H3,(H,24,28)/t15-,16+/m1/s1. The molecule has 0 spiro atoms. The fraction of sp³-hybridized carbons (Fsp3) is 0.263. The zero-order chi connectivity index (χ0) is 23.2. The van der Waals surface area contributed by atoms with Crippen LogP contribution in [0.2, 0.25) is 9.36 Å². The van der Waals surface area contributed by atoms with Crippen molar-refractivity contribution in [2.45, 2.75) is 18.5 Å². The van der Waals surface area contributed by atoms with Crippen LogP contribution in [0.15, 0.2) is 36.7 Å². The number of amides is 1. The second-order valence-electron chi connectivity index (χ2n) is 7.30. The lowest BCUT2D eigenvalue weighted by Crippen LogP contribution is -2.55. The van der Waals surface area contributed by atoms with E-state index in [1.165, 1.54) is 30.5 Å². The number of hydrogen-bond acceptors (Lipinski definition) is 5. The SMILES string of the molecule is CN1[C@H](C(=O)Nc2ccc(F)c(Cl)c2)C[C@H](c2cc(-c3cnn(C)c3)c(Cl)s2)NS1(=O)=O.